The van der Waals surface area contributed by atoms with Gasteiger partial charge in [-0.15, -0.1) is 11.3 Å². The zero-order valence-electron chi connectivity index (χ0n) is 15.9. The van der Waals surface area contributed by atoms with E-state index in [1.807, 2.05) is 29.8 Å². The van der Waals surface area contributed by atoms with Crippen molar-refractivity contribution in [1.82, 2.24) is 4.90 Å². The van der Waals surface area contributed by atoms with Crippen LogP contribution < -0.4 is 21.5 Å². The molecule has 5 N–H and O–H groups in total. The van der Waals surface area contributed by atoms with Gasteiger partial charge in [-0.05, 0) is 17.5 Å². The third-order valence-electron chi connectivity index (χ3n) is 4.71. The lowest BCUT2D eigenvalue weighted by molar-refractivity contribution is -0.627. The van der Waals surface area contributed by atoms with Crippen molar-refractivity contribution >= 4 is 34.3 Å². The average Bonchev–Trinajstić information content (AvgIpc) is 3.22. The summed E-state index contributed by atoms with van der Waals surface area (Å²) in [5.74, 6) is -0.543. The van der Waals surface area contributed by atoms with Gasteiger partial charge in [0.1, 0.15) is 6.04 Å². The number of rotatable bonds is 7. The maximum absolute atomic E-state index is 12.2. The lowest BCUT2D eigenvalue weighted by Crippen LogP contribution is -2.88. The number of para-hydroxylation sites is 1. The van der Waals surface area contributed by atoms with Crippen LogP contribution >= 0.6 is 11.3 Å². The van der Waals surface area contributed by atoms with Gasteiger partial charge in [0.15, 0.2) is 11.4 Å². The second kappa shape index (κ2) is 8.05. The van der Waals surface area contributed by atoms with E-state index >= 15 is 0 Å². The standard InChI is InChI=1S/C20H21N3O4S/c1-4-12(14-9-6-10-28-14)21-15-16(19(26)18(15)25)22-13-8-5-7-11(17(13)24)20(27)23(2)3/h5-10,12,21-22,24H,4H2,1-3H3/p+2/t12-/m1/s1. The van der Waals surface area contributed by atoms with Gasteiger partial charge in [-0.25, -0.2) is 0 Å². The van der Waals surface area contributed by atoms with E-state index in [2.05, 4.69) is 0 Å². The van der Waals surface area contributed by atoms with Gasteiger partial charge in [-0.3, -0.25) is 25.0 Å². The summed E-state index contributed by atoms with van der Waals surface area (Å²) in [5, 5.41) is 15.8. The number of amides is 1. The molecule has 0 aliphatic carbocycles. The quantitative estimate of drug-likeness (QED) is 0.306. The van der Waals surface area contributed by atoms with Gasteiger partial charge in [0.25, 0.3) is 22.5 Å². The Morgan fingerprint density at radius 3 is 2.46 bits per heavy atom. The molecule has 1 aromatic heterocycles. The zero-order valence-corrected chi connectivity index (χ0v) is 16.7. The van der Waals surface area contributed by atoms with Crippen molar-refractivity contribution in [3.8, 4) is 5.75 Å². The molecule has 3 aromatic rings. The highest BCUT2D eigenvalue weighted by Gasteiger charge is 2.33. The summed E-state index contributed by atoms with van der Waals surface area (Å²) in [5.41, 5.74) is 0.0302. The number of nitrogens with zero attached hydrogens (tertiary/aromatic N) is 1. The summed E-state index contributed by atoms with van der Waals surface area (Å²) in [6.07, 6.45) is 0.802. The highest BCUT2D eigenvalue weighted by atomic mass is 32.1. The van der Waals surface area contributed by atoms with Gasteiger partial charge in [0.05, 0.1) is 10.4 Å². The Bertz CT molecular complexity index is 1070. The molecule has 1 amide bonds. The molecule has 1 atom stereocenters. The number of carbonyl (C=O) groups excluding carboxylic acids is 1. The minimum Gasteiger partial charge on any atom is -0.502 e. The maximum Gasteiger partial charge on any atom is 0.299 e. The van der Waals surface area contributed by atoms with Crippen LogP contribution in [0.1, 0.15) is 34.6 Å². The fourth-order valence-corrected chi connectivity index (χ4v) is 3.97. The van der Waals surface area contributed by atoms with Crippen molar-refractivity contribution in [1.29, 1.82) is 0 Å². The summed E-state index contributed by atoms with van der Waals surface area (Å²) in [6, 6.07) is 8.78. The average molecular weight is 401 g/mol. The fraction of sp³-hybridized carbons (Fsp3) is 0.250. The number of carbonyl (C=O) groups is 1. The molecule has 2 aromatic carbocycles. The summed E-state index contributed by atoms with van der Waals surface area (Å²) in [4.78, 5) is 39.0. The molecule has 0 radical (unpaired) electrons. The topological polar surface area (TPSA) is 108 Å². The normalized spacial score (nSPS) is 12.2. The molecular weight excluding hydrogens is 378 g/mol. The van der Waals surface area contributed by atoms with Crippen LogP contribution in [-0.4, -0.2) is 30.0 Å². The van der Waals surface area contributed by atoms with Crippen LogP contribution in [0.4, 0.5) is 17.1 Å². The zero-order chi connectivity index (χ0) is 20.4. The largest absolute Gasteiger partial charge is 0.502 e. The molecule has 1 heterocycles. The van der Waals surface area contributed by atoms with Crippen molar-refractivity contribution in [2.45, 2.75) is 19.4 Å². The van der Waals surface area contributed by atoms with Crippen molar-refractivity contribution in [2.75, 3.05) is 14.1 Å². The van der Waals surface area contributed by atoms with Crippen LogP contribution in [0.5, 0.6) is 5.75 Å². The first-order chi connectivity index (χ1) is 13.3. The van der Waals surface area contributed by atoms with Crippen LogP contribution in [0.3, 0.4) is 0 Å². The van der Waals surface area contributed by atoms with Gasteiger partial charge in [0, 0.05) is 26.6 Å². The number of phenolic OH excluding ortho intramolecular Hbond substituents is 1. The van der Waals surface area contributed by atoms with Gasteiger partial charge in [-0.2, -0.15) is 0 Å². The Kier molecular flexibility index (Phi) is 5.73. The second-order valence-corrected chi connectivity index (χ2v) is 7.75. The first-order valence-electron chi connectivity index (χ1n) is 8.95. The number of benzene rings is 1. The number of phenols is 1. The molecule has 0 saturated heterocycles. The molecule has 146 valence electrons. The molecule has 0 spiro atoms. The van der Waals surface area contributed by atoms with Gasteiger partial charge in [0.2, 0.25) is 5.69 Å². The SMILES string of the molecule is CC[C@@H]([NH2+]c1c([NH2+]c2cccc(C(=O)N(C)C)c2O)c(=O)c1=O)c1cccs1. The Hall–Kier alpha value is -2.81. The van der Waals surface area contributed by atoms with E-state index in [4.69, 9.17) is 0 Å². The van der Waals surface area contributed by atoms with E-state index in [1.165, 1.54) is 16.3 Å². The molecular formula is C20H23N3O4S+2. The van der Waals surface area contributed by atoms with Crippen LogP contribution in [0.15, 0.2) is 45.3 Å². The molecule has 8 heteroatoms. The number of hydrogen-bond donors (Lipinski definition) is 3. The first kappa shape index (κ1) is 19.9. The van der Waals surface area contributed by atoms with E-state index in [1.54, 1.807) is 37.6 Å². The van der Waals surface area contributed by atoms with Crippen molar-refractivity contribution in [3.05, 3.63) is 66.6 Å². The number of hydrogen-bond acceptors (Lipinski definition) is 5. The van der Waals surface area contributed by atoms with Crippen LogP contribution in [0.25, 0.3) is 0 Å². The second-order valence-electron chi connectivity index (χ2n) is 6.77. The number of thiophene rings is 1. The number of nitrogens with two attached hydrogens (primary N) is 2. The van der Waals surface area contributed by atoms with E-state index in [0.29, 0.717) is 11.4 Å². The van der Waals surface area contributed by atoms with Crippen LogP contribution in [0.2, 0.25) is 0 Å². The van der Waals surface area contributed by atoms with E-state index in [0.717, 1.165) is 11.3 Å². The molecule has 0 aliphatic heterocycles. The summed E-state index contributed by atoms with van der Waals surface area (Å²) in [7, 11) is 3.19. The highest BCUT2D eigenvalue weighted by Crippen LogP contribution is 2.26. The predicted molar refractivity (Wildman–Crippen MR) is 108 cm³/mol. The molecule has 0 unspecified atom stereocenters. The number of quaternary nitrogens is 2. The maximum atomic E-state index is 12.2. The molecule has 0 bridgehead atoms. The van der Waals surface area contributed by atoms with Gasteiger partial charge < -0.3 is 10.0 Å². The third-order valence-corrected chi connectivity index (χ3v) is 5.71. The third kappa shape index (κ3) is 3.62. The molecule has 0 aliphatic rings. The van der Waals surface area contributed by atoms with Gasteiger partial charge in [-0.1, -0.05) is 19.1 Å². The molecule has 28 heavy (non-hydrogen) atoms. The Labute approximate surface area is 165 Å². The summed E-state index contributed by atoms with van der Waals surface area (Å²) in [6.45, 7) is 2.03. The molecule has 0 saturated carbocycles. The van der Waals surface area contributed by atoms with Crippen molar-refractivity contribution in [2.24, 2.45) is 0 Å². The van der Waals surface area contributed by atoms with Gasteiger partial charge >= 0.3 is 0 Å². The molecule has 7 nitrogen and oxygen atoms in total. The van der Waals surface area contributed by atoms with Crippen LogP contribution in [0, 0.1) is 0 Å². The Balaban J connectivity index is 1.90. The minimum absolute atomic E-state index is 0.0469. The highest BCUT2D eigenvalue weighted by molar-refractivity contribution is 7.10. The fourth-order valence-electron chi connectivity index (χ4n) is 3.09. The monoisotopic (exact) mass is 401 g/mol. The lowest BCUT2D eigenvalue weighted by Gasteiger charge is -2.15. The molecule has 3 rings (SSSR count). The Morgan fingerprint density at radius 2 is 1.86 bits per heavy atom. The number of aromatic hydroxyl groups is 1. The van der Waals surface area contributed by atoms with E-state index < -0.39 is 10.9 Å². The first-order valence-corrected chi connectivity index (χ1v) is 9.83. The minimum atomic E-state index is -0.573. The van der Waals surface area contributed by atoms with Crippen LogP contribution in [-0.2, 0) is 0 Å². The lowest BCUT2D eigenvalue weighted by atomic mass is 10.1. The van der Waals surface area contributed by atoms with Crippen molar-refractivity contribution in [3.63, 3.8) is 0 Å². The van der Waals surface area contributed by atoms with E-state index in [9.17, 15) is 19.5 Å². The Morgan fingerprint density at radius 1 is 1.14 bits per heavy atom. The summed E-state index contributed by atoms with van der Waals surface area (Å²) >= 11 is 1.61. The molecule has 0 fully saturated rings. The summed E-state index contributed by atoms with van der Waals surface area (Å²) < 4.78 is 0. The smallest absolute Gasteiger partial charge is 0.299 e. The van der Waals surface area contributed by atoms with E-state index in [-0.39, 0.29) is 28.9 Å². The van der Waals surface area contributed by atoms with Crippen molar-refractivity contribution < 1.29 is 20.5 Å². The predicted octanol–water partition coefficient (Wildman–Crippen LogP) is 0.624.